The van der Waals surface area contributed by atoms with Crippen LogP contribution in [0, 0.1) is 0 Å². The summed E-state index contributed by atoms with van der Waals surface area (Å²) < 4.78 is 41.5. The van der Waals surface area contributed by atoms with E-state index in [2.05, 4.69) is 15.2 Å². The molecular formula is C18H15ClF3N5OS. The summed E-state index contributed by atoms with van der Waals surface area (Å²) in [6, 6.07) is 2.53. The van der Waals surface area contributed by atoms with Gasteiger partial charge in [-0.15, -0.1) is 21.5 Å². The Morgan fingerprint density at radius 1 is 1.28 bits per heavy atom. The van der Waals surface area contributed by atoms with E-state index in [1.807, 2.05) is 16.9 Å². The van der Waals surface area contributed by atoms with Crippen molar-refractivity contribution in [2.24, 2.45) is 0 Å². The molecule has 1 aliphatic rings. The van der Waals surface area contributed by atoms with Gasteiger partial charge in [-0.1, -0.05) is 17.7 Å². The van der Waals surface area contributed by atoms with Crippen LogP contribution in [0.2, 0.25) is 5.02 Å². The summed E-state index contributed by atoms with van der Waals surface area (Å²) in [5.41, 5.74) is -1.22. The molecule has 2 atom stereocenters. The van der Waals surface area contributed by atoms with Crippen LogP contribution < -0.4 is 0 Å². The number of halogens is 4. The second-order valence-corrected chi connectivity index (χ2v) is 8.00. The van der Waals surface area contributed by atoms with Gasteiger partial charge in [-0.2, -0.15) is 13.2 Å². The molecule has 6 nitrogen and oxygen atoms in total. The predicted molar refractivity (Wildman–Crippen MR) is 102 cm³/mol. The lowest BCUT2D eigenvalue weighted by atomic mass is 10.0. The molecule has 1 aliphatic heterocycles. The minimum atomic E-state index is -4.64. The zero-order valence-electron chi connectivity index (χ0n) is 15.3. The smallest absolute Gasteiger partial charge is 0.324 e. The molecule has 1 aromatic carbocycles. The van der Waals surface area contributed by atoms with E-state index in [9.17, 15) is 18.0 Å². The maximum Gasteiger partial charge on any atom is 0.417 e. The van der Waals surface area contributed by atoms with E-state index in [-0.39, 0.29) is 11.6 Å². The topological polar surface area (TPSA) is 63.9 Å². The summed E-state index contributed by atoms with van der Waals surface area (Å²) in [5.74, 6) is 0.578. The largest absolute Gasteiger partial charge is 0.417 e. The average Bonchev–Trinajstić information content (AvgIpc) is 3.30. The number of carbonyl (C=O) groups excluding carboxylic acids is 1. The van der Waals surface area contributed by atoms with Crippen molar-refractivity contribution in [1.82, 2.24) is 24.6 Å². The number of hydrogen-bond donors (Lipinski definition) is 0. The van der Waals surface area contributed by atoms with Gasteiger partial charge in [-0.25, -0.2) is 4.98 Å². The van der Waals surface area contributed by atoms with Crippen LogP contribution in [0.5, 0.6) is 0 Å². The Morgan fingerprint density at radius 2 is 2.03 bits per heavy atom. The number of amides is 1. The lowest BCUT2D eigenvalue weighted by Gasteiger charge is -2.39. The molecule has 1 amide bonds. The fourth-order valence-electron chi connectivity index (χ4n) is 3.59. The second-order valence-electron chi connectivity index (χ2n) is 6.73. The number of hydrogen-bond acceptors (Lipinski definition) is 5. The number of aromatic nitrogens is 4. The van der Waals surface area contributed by atoms with Crippen molar-refractivity contribution in [3.8, 4) is 10.8 Å². The van der Waals surface area contributed by atoms with Crippen LogP contribution in [0.15, 0.2) is 29.8 Å². The summed E-state index contributed by atoms with van der Waals surface area (Å²) in [4.78, 5) is 18.9. The van der Waals surface area contributed by atoms with Crippen LogP contribution in [0.25, 0.3) is 10.8 Å². The Kier molecular flexibility index (Phi) is 4.86. The van der Waals surface area contributed by atoms with Gasteiger partial charge < -0.3 is 9.47 Å². The third-order valence-electron chi connectivity index (χ3n) is 4.88. The van der Waals surface area contributed by atoms with Gasteiger partial charge in [0.15, 0.2) is 16.7 Å². The van der Waals surface area contributed by atoms with E-state index < -0.39 is 28.7 Å². The highest BCUT2D eigenvalue weighted by Gasteiger charge is 2.39. The van der Waals surface area contributed by atoms with Crippen molar-refractivity contribution in [3.05, 3.63) is 51.7 Å². The molecule has 0 radical (unpaired) electrons. The Labute approximate surface area is 173 Å². The van der Waals surface area contributed by atoms with Gasteiger partial charge in [0.05, 0.1) is 22.2 Å². The molecule has 0 saturated carbocycles. The van der Waals surface area contributed by atoms with Crippen LogP contribution in [-0.4, -0.2) is 36.6 Å². The molecule has 0 fully saturated rings. The van der Waals surface area contributed by atoms with Crippen molar-refractivity contribution in [2.75, 3.05) is 0 Å². The summed E-state index contributed by atoms with van der Waals surface area (Å²) in [7, 11) is 0. The van der Waals surface area contributed by atoms with Crippen molar-refractivity contribution < 1.29 is 18.0 Å². The van der Waals surface area contributed by atoms with E-state index in [0.29, 0.717) is 23.2 Å². The van der Waals surface area contributed by atoms with E-state index in [4.69, 9.17) is 11.6 Å². The normalized spacial score (nSPS) is 19.3. The number of nitrogens with zero attached hydrogens (tertiary/aromatic N) is 5. The highest BCUT2D eigenvalue weighted by atomic mass is 35.5. The van der Waals surface area contributed by atoms with Crippen LogP contribution in [0.3, 0.4) is 0 Å². The maximum atomic E-state index is 13.2. The molecule has 29 heavy (non-hydrogen) atoms. The average molecular weight is 442 g/mol. The van der Waals surface area contributed by atoms with Crippen LogP contribution >= 0.6 is 22.9 Å². The minimum absolute atomic E-state index is 0.187. The number of carbonyl (C=O) groups is 1. The van der Waals surface area contributed by atoms with Crippen molar-refractivity contribution in [1.29, 1.82) is 0 Å². The summed E-state index contributed by atoms with van der Waals surface area (Å²) >= 11 is 7.39. The van der Waals surface area contributed by atoms with E-state index in [1.165, 1.54) is 28.4 Å². The molecule has 11 heteroatoms. The minimum Gasteiger partial charge on any atom is -0.324 e. The lowest BCUT2D eigenvalue weighted by Crippen LogP contribution is -2.47. The molecule has 0 aliphatic carbocycles. The lowest BCUT2D eigenvalue weighted by molar-refractivity contribution is -0.137. The highest BCUT2D eigenvalue weighted by Crippen LogP contribution is 2.38. The molecule has 0 saturated heterocycles. The number of rotatable bonds is 2. The summed E-state index contributed by atoms with van der Waals surface area (Å²) in [6.45, 7) is 3.98. The Hall–Kier alpha value is -2.46. The first-order chi connectivity index (χ1) is 13.7. The maximum absolute atomic E-state index is 13.2. The van der Waals surface area contributed by atoms with E-state index in [0.717, 1.165) is 6.07 Å². The SMILES string of the molecule is CC1Cn2c(-c3nccs3)nnc2C(C)N1C(=O)c1cccc(C(F)(F)F)c1Cl. The van der Waals surface area contributed by atoms with Crippen LogP contribution in [0.4, 0.5) is 13.2 Å². The molecule has 4 rings (SSSR count). The standard InChI is InChI=1S/C18H15ClF3N5OS/c1-9-8-26-14(24-25-15(26)16-23-6-7-29-16)10(2)27(9)17(28)11-4-3-5-12(13(11)19)18(20,21)22/h3-7,9-10H,8H2,1-2H3. The first kappa shape index (κ1) is 19.8. The van der Waals surface area contributed by atoms with E-state index in [1.54, 1.807) is 13.1 Å². The molecular weight excluding hydrogens is 427 g/mol. The van der Waals surface area contributed by atoms with Gasteiger partial charge in [0.1, 0.15) is 0 Å². The van der Waals surface area contributed by atoms with E-state index >= 15 is 0 Å². The first-order valence-electron chi connectivity index (χ1n) is 8.71. The fourth-order valence-corrected chi connectivity index (χ4v) is 4.53. The molecule has 152 valence electrons. The molecule has 0 bridgehead atoms. The zero-order chi connectivity index (χ0) is 20.9. The third-order valence-corrected chi connectivity index (χ3v) is 6.06. The Morgan fingerprint density at radius 3 is 2.69 bits per heavy atom. The van der Waals surface area contributed by atoms with Gasteiger partial charge in [0.25, 0.3) is 5.91 Å². The van der Waals surface area contributed by atoms with Crippen molar-refractivity contribution >= 4 is 28.8 Å². The quantitative estimate of drug-likeness (QED) is 0.579. The molecule has 0 spiro atoms. The van der Waals surface area contributed by atoms with Gasteiger partial charge in [0, 0.05) is 24.2 Å². The number of fused-ring (bicyclic) bond motifs is 1. The molecule has 2 aromatic heterocycles. The molecule has 2 unspecified atom stereocenters. The Bertz CT molecular complexity index is 1070. The summed E-state index contributed by atoms with van der Waals surface area (Å²) in [6.07, 6.45) is -2.97. The van der Waals surface area contributed by atoms with Gasteiger partial charge in [-0.05, 0) is 26.0 Å². The number of thiazole rings is 1. The number of benzene rings is 1. The van der Waals surface area contributed by atoms with Crippen LogP contribution in [0.1, 0.15) is 41.6 Å². The highest BCUT2D eigenvalue weighted by molar-refractivity contribution is 7.13. The molecule has 3 heterocycles. The second kappa shape index (κ2) is 7.10. The van der Waals surface area contributed by atoms with Crippen LogP contribution in [-0.2, 0) is 12.7 Å². The summed E-state index contributed by atoms with van der Waals surface area (Å²) in [5, 5.41) is 10.4. The van der Waals surface area contributed by atoms with Gasteiger partial charge in [0.2, 0.25) is 0 Å². The zero-order valence-corrected chi connectivity index (χ0v) is 16.9. The fraction of sp³-hybridized carbons (Fsp3) is 0.333. The monoisotopic (exact) mass is 441 g/mol. The predicted octanol–water partition coefficient (Wildman–Crippen LogP) is 4.68. The molecule has 3 aromatic rings. The number of alkyl halides is 3. The van der Waals surface area contributed by atoms with Gasteiger partial charge in [-0.3, -0.25) is 4.79 Å². The third kappa shape index (κ3) is 3.29. The Balaban J connectivity index is 1.72. The van der Waals surface area contributed by atoms with Crippen molar-refractivity contribution in [2.45, 2.75) is 38.7 Å². The first-order valence-corrected chi connectivity index (χ1v) is 9.97. The van der Waals surface area contributed by atoms with Gasteiger partial charge >= 0.3 is 6.18 Å². The molecule has 0 N–H and O–H groups in total. The van der Waals surface area contributed by atoms with Crippen molar-refractivity contribution in [3.63, 3.8) is 0 Å².